The minimum Gasteiger partial charge on any atom is -0.488 e. The van der Waals surface area contributed by atoms with Gasteiger partial charge in [0.2, 0.25) is 0 Å². The van der Waals surface area contributed by atoms with Gasteiger partial charge in [0.15, 0.2) is 0 Å². The average molecular weight is 467 g/mol. The molecule has 1 N–H and O–H groups in total. The van der Waals surface area contributed by atoms with Crippen LogP contribution in [0.25, 0.3) is 16.8 Å². The van der Waals surface area contributed by atoms with E-state index in [2.05, 4.69) is 11.4 Å². The first-order valence-electron chi connectivity index (χ1n) is 10.8. The zero-order valence-corrected chi connectivity index (χ0v) is 19.7. The van der Waals surface area contributed by atoms with E-state index >= 15 is 0 Å². The summed E-state index contributed by atoms with van der Waals surface area (Å²) < 4.78 is 6.16. The third kappa shape index (κ3) is 5.28. The van der Waals surface area contributed by atoms with Gasteiger partial charge in [0.1, 0.15) is 24.0 Å². The number of carbonyl (C=O) groups excluding carboxylic acids is 1. The molecule has 0 saturated heterocycles. The lowest BCUT2D eigenvalue weighted by atomic mass is 10.0. The third-order valence-corrected chi connectivity index (χ3v) is 5.74. The van der Waals surface area contributed by atoms with Gasteiger partial charge in [-0.05, 0) is 60.0 Å². The van der Waals surface area contributed by atoms with Gasteiger partial charge in [0.25, 0.3) is 5.91 Å². The second-order valence-corrected chi connectivity index (χ2v) is 8.50. The molecule has 0 aromatic heterocycles. The summed E-state index contributed by atoms with van der Waals surface area (Å²) in [6.07, 6.45) is 1.59. The Hall–Kier alpha value is -4.07. The second-order valence-electron chi connectivity index (χ2n) is 8.06. The van der Waals surface area contributed by atoms with Gasteiger partial charge in [-0.25, -0.2) is 0 Å². The van der Waals surface area contributed by atoms with Gasteiger partial charge in [-0.3, -0.25) is 4.79 Å². The largest absolute Gasteiger partial charge is 0.488 e. The third-order valence-electron chi connectivity index (χ3n) is 5.51. The Bertz CT molecular complexity index is 1450. The Morgan fingerprint density at radius 3 is 2.65 bits per heavy atom. The molecule has 34 heavy (non-hydrogen) atoms. The van der Waals surface area contributed by atoms with Crippen molar-refractivity contribution in [3.63, 3.8) is 0 Å². The van der Waals surface area contributed by atoms with Crippen molar-refractivity contribution < 1.29 is 9.53 Å². The molecule has 1 amide bonds. The minimum atomic E-state index is -0.509. The molecular formula is C29H23ClN2O2. The molecule has 4 nitrogen and oxygen atoms in total. The molecule has 0 aliphatic rings. The normalized spacial score (nSPS) is 11.2. The van der Waals surface area contributed by atoms with E-state index in [-0.39, 0.29) is 5.57 Å². The average Bonchev–Trinajstić information content (AvgIpc) is 2.83. The molecule has 4 aromatic rings. The number of hydrogen-bond donors (Lipinski definition) is 1. The number of hydrogen-bond acceptors (Lipinski definition) is 3. The number of nitrogens with one attached hydrogen (secondary N) is 1. The summed E-state index contributed by atoms with van der Waals surface area (Å²) in [5, 5.41) is 15.0. The monoisotopic (exact) mass is 466 g/mol. The van der Waals surface area contributed by atoms with Gasteiger partial charge < -0.3 is 10.1 Å². The van der Waals surface area contributed by atoms with Crippen molar-refractivity contribution in [2.24, 2.45) is 0 Å². The summed E-state index contributed by atoms with van der Waals surface area (Å²) in [7, 11) is 0. The van der Waals surface area contributed by atoms with Crippen molar-refractivity contribution in [1.82, 2.24) is 0 Å². The number of ether oxygens (including phenoxy) is 1. The van der Waals surface area contributed by atoms with Crippen LogP contribution < -0.4 is 10.1 Å². The van der Waals surface area contributed by atoms with Gasteiger partial charge in [-0.1, -0.05) is 77.8 Å². The molecule has 0 bridgehead atoms. The highest BCUT2D eigenvalue weighted by Crippen LogP contribution is 2.31. The van der Waals surface area contributed by atoms with Crippen LogP contribution in [0.4, 0.5) is 5.69 Å². The topological polar surface area (TPSA) is 62.1 Å². The highest BCUT2D eigenvalue weighted by atomic mass is 35.5. The van der Waals surface area contributed by atoms with Crippen LogP contribution in [0.1, 0.15) is 22.3 Å². The van der Waals surface area contributed by atoms with E-state index in [1.165, 1.54) is 0 Å². The van der Waals surface area contributed by atoms with Crippen molar-refractivity contribution in [2.45, 2.75) is 20.5 Å². The molecular weight excluding hydrogens is 444 g/mol. The van der Waals surface area contributed by atoms with Gasteiger partial charge >= 0.3 is 0 Å². The highest BCUT2D eigenvalue weighted by molar-refractivity contribution is 6.31. The minimum absolute atomic E-state index is 0.0314. The van der Waals surface area contributed by atoms with Crippen LogP contribution in [0.3, 0.4) is 0 Å². The summed E-state index contributed by atoms with van der Waals surface area (Å²) in [6.45, 7) is 4.27. The van der Waals surface area contributed by atoms with Crippen LogP contribution in [-0.2, 0) is 11.4 Å². The molecule has 0 saturated carbocycles. The maximum Gasteiger partial charge on any atom is 0.266 e. The molecule has 5 heteroatoms. The van der Waals surface area contributed by atoms with Crippen LogP contribution in [0.5, 0.6) is 5.75 Å². The quantitative estimate of drug-likeness (QED) is 0.241. The Kier molecular flexibility index (Phi) is 6.96. The number of rotatable bonds is 6. The first-order chi connectivity index (χ1) is 16.4. The second kappa shape index (κ2) is 10.2. The Balaban J connectivity index is 1.71. The zero-order valence-electron chi connectivity index (χ0n) is 18.9. The van der Waals surface area contributed by atoms with E-state index in [1.807, 2.05) is 80.6 Å². The van der Waals surface area contributed by atoms with Crippen molar-refractivity contribution in [2.75, 3.05) is 5.32 Å². The maximum absolute atomic E-state index is 13.0. The fourth-order valence-corrected chi connectivity index (χ4v) is 3.90. The molecule has 0 fully saturated rings. The SMILES string of the molecule is Cc1cccc(COc2ccc3ccccc3c2/C=C(\C#N)C(=O)Nc2cc(Cl)ccc2C)c1. The van der Waals surface area contributed by atoms with Gasteiger partial charge in [-0.2, -0.15) is 5.26 Å². The number of halogens is 1. The fourth-order valence-electron chi connectivity index (χ4n) is 3.72. The van der Waals surface area contributed by atoms with Crippen LogP contribution >= 0.6 is 11.6 Å². The molecule has 0 aliphatic carbocycles. The molecule has 0 unspecified atom stereocenters. The lowest BCUT2D eigenvalue weighted by Gasteiger charge is -2.13. The summed E-state index contributed by atoms with van der Waals surface area (Å²) in [5.41, 5.74) is 4.25. The molecule has 4 aromatic carbocycles. The number of anilines is 1. The molecule has 0 spiro atoms. The van der Waals surface area contributed by atoms with Crippen molar-refractivity contribution in [3.05, 3.63) is 112 Å². The lowest BCUT2D eigenvalue weighted by molar-refractivity contribution is -0.112. The first kappa shape index (κ1) is 23.1. The van der Waals surface area contributed by atoms with E-state index < -0.39 is 5.91 Å². The number of nitrogens with zero attached hydrogens (tertiary/aromatic N) is 1. The van der Waals surface area contributed by atoms with Crippen LogP contribution in [0.15, 0.2) is 84.4 Å². The van der Waals surface area contributed by atoms with E-state index in [4.69, 9.17) is 16.3 Å². The van der Waals surface area contributed by atoms with Crippen LogP contribution in [-0.4, -0.2) is 5.91 Å². The Labute approximate surface area is 204 Å². The molecule has 0 heterocycles. The van der Waals surface area contributed by atoms with Crippen molar-refractivity contribution in [1.29, 1.82) is 5.26 Å². The van der Waals surface area contributed by atoms with Crippen LogP contribution in [0, 0.1) is 25.2 Å². The molecule has 0 atom stereocenters. The summed E-state index contributed by atoms with van der Waals surface area (Å²) in [5.74, 6) is 0.0881. The fraction of sp³-hybridized carbons (Fsp3) is 0.103. The predicted octanol–water partition coefficient (Wildman–Crippen LogP) is 7.23. The number of fused-ring (bicyclic) bond motifs is 1. The number of nitriles is 1. The number of carbonyl (C=O) groups is 1. The van der Waals surface area contributed by atoms with E-state index in [9.17, 15) is 10.1 Å². The number of aryl methyl sites for hydroxylation is 2. The van der Waals surface area contributed by atoms with Gasteiger partial charge in [0.05, 0.1) is 0 Å². The summed E-state index contributed by atoms with van der Waals surface area (Å²) in [4.78, 5) is 13.0. The van der Waals surface area contributed by atoms with E-state index in [0.717, 1.165) is 27.5 Å². The Morgan fingerprint density at radius 1 is 1.03 bits per heavy atom. The number of benzene rings is 4. The van der Waals surface area contributed by atoms with E-state index in [0.29, 0.717) is 28.6 Å². The zero-order chi connectivity index (χ0) is 24.1. The highest BCUT2D eigenvalue weighted by Gasteiger charge is 2.15. The molecule has 0 radical (unpaired) electrons. The summed E-state index contributed by atoms with van der Waals surface area (Å²) in [6, 6.07) is 27.0. The smallest absolute Gasteiger partial charge is 0.266 e. The molecule has 0 aliphatic heterocycles. The predicted molar refractivity (Wildman–Crippen MR) is 138 cm³/mol. The molecule has 4 rings (SSSR count). The maximum atomic E-state index is 13.0. The van der Waals surface area contributed by atoms with Crippen molar-refractivity contribution >= 4 is 40.0 Å². The number of amides is 1. The lowest BCUT2D eigenvalue weighted by Crippen LogP contribution is -2.14. The standard InChI is InChI=1S/C29H23ClN2O2/c1-19-6-5-7-21(14-19)18-34-28-13-11-22-8-3-4-9-25(22)26(28)15-23(17-31)29(33)32-27-16-24(30)12-10-20(27)2/h3-16H,18H2,1-2H3,(H,32,33)/b23-15+. The molecule has 168 valence electrons. The van der Waals surface area contributed by atoms with Gasteiger partial charge in [0, 0.05) is 16.3 Å². The first-order valence-corrected chi connectivity index (χ1v) is 11.2. The van der Waals surface area contributed by atoms with Crippen LogP contribution in [0.2, 0.25) is 5.02 Å². The Morgan fingerprint density at radius 2 is 1.85 bits per heavy atom. The van der Waals surface area contributed by atoms with Crippen molar-refractivity contribution in [3.8, 4) is 11.8 Å². The summed E-state index contributed by atoms with van der Waals surface area (Å²) >= 11 is 6.08. The van der Waals surface area contributed by atoms with Gasteiger partial charge in [-0.15, -0.1) is 0 Å². The van der Waals surface area contributed by atoms with E-state index in [1.54, 1.807) is 18.2 Å².